The van der Waals surface area contributed by atoms with Gasteiger partial charge in [0.25, 0.3) is 8.32 Å². The van der Waals surface area contributed by atoms with Gasteiger partial charge in [-0.1, -0.05) is 114 Å². The molecule has 2 aromatic carbocycles. The second kappa shape index (κ2) is 11.6. The van der Waals surface area contributed by atoms with Crippen LogP contribution in [0.3, 0.4) is 0 Å². The summed E-state index contributed by atoms with van der Waals surface area (Å²) in [5, 5.41) is 12.4. The number of ketones is 1. The number of aliphatic hydroxyl groups is 1. The van der Waals surface area contributed by atoms with Gasteiger partial charge in [0.1, 0.15) is 0 Å². The van der Waals surface area contributed by atoms with E-state index in [4.69, 9.17) is 4.43 Å². The van der Waals surface area contributed by atoms with Crippen LogP contribution in [-0.2, 0) is 9.22 Å². The summed E-state index contributed by atoms with van der Waals surface area (Å²) >= 11 is 0. The summed E-state index contributed by atoms with van der Waals surface area (Å²) in [6.07, 6.45) is 3.58. The van der Waals surface area contributed by atoms with Crippen LogP contribution in [0.15, 0.2) is 84.5 Å². The third kappa shape index (κ3) is 5.49. The van der Waals surface area contributed by atoms with Gasteiger partial charge in [0.15, 0.2) is 5.78 Å². The fourth-order valence-corrected chi connectivity index (χ4v) is 9.75. The second-order valence-electron chi connectivity index (χ2n) is 11.1. The fraction of sp³-hybridized carbons (Fsp3) is 0.406. The van der Waals surface area contributed by atoms with Gasteiger partial charge in [-0.05, 0) is 39.4 Å². The van der Waals surface area contributed by atoms with Gasteiger partial charge in [-0.2, -0.15) is 0 Å². The summed E-state index contributed by atoms with van der Waals surface area (Å²) in [7, 11) is -2.53. The predicted octanol–water partition coefficient (Wildman–Crippen LogP) is 5.44. The largest absolute Gasteiger partial charge is 0.407 e. The van der Waals surface area contributed by atoms with Crippen LogP contribution in [0, 0.1) is 23.2 Å². The molecular weight excluding hydrogens is 460 g/mol. The number of hydrogen-bond acceptors (Lipinski definition) is 3. The molecule has 2 atom stereocenters. The maximum absolute atomic E-state index is 12.6. The van der Waals surface area contributed by atoms with Crippen LogP contribution in [-0.4, -0.2) is 32.4 Å². The number of Topliss-reactive ketones (excluding diaryl/α,β-unsaturated/α-hetero) is 1. The van der Waals surface area contributed by atoms with E-state index in [0.29, 0.717) is 30.6 Å². The average molecular weight is 501 g/mol. The van der Waals surface area contributed by atoms with Gasteiger partial charge in [0, 0.05) is 30.4 Å². The van der Waals surface area contributed by atoms with Crippen LogP contribution in [0.25, 0.3) is 0 Å². The Hall–Kier alpha value is -2.71. The topological polar surface area (TPSA) is 46.5 Å². The standard InChI is InChI=1S/C32H40O3Si/c1-25-23-30(34)29(26(2)32(25,6)24-33)21-15-7-8-16-22-35-36(31(3,4)5,27-17-11-9-12-18-27)28-19-13-10-14-20-28/h9-14,17-21,25,33H,2,8,16,22-24H2,1,3-6H3/b29-21+/t25-,32+/m1/s1. The molecule has 1 aliphatic rings. The highest BCUT2D eigenvalue weighted by atomic mass is 28.4. The maximum atomic E-state index is 12.6. The van der Waals surface area contributed by atoms with Crippen LogP contribution >= 0.6 is 0 Å². The Morgan fingerprint density at radius 2 is 1.67 bits per heavy atom. The first kappa shape index (κ1) is 27.9. The maximum Gasteiger partial charge on any atom is 0.261 e. The van der Waals surface area contributed by atoms with E-state index in [1.807, 2.05) is 13.8 Å². The number of benzene rings is 2. The van der Waals surface area contributed by atoms with Crippen molar-refractivity contribution in [2.45, 2.75) is 58.9 Å². The van der Waals surface area contributed by atoms with Crippen LogP contribution in [0.2, 0.25) is 5.04 Å². The van der Waals surface area contributed by atoms with Crippen LogP contribution in [0.1, 0.15) is 53.9 Å². The van der Waals surface area contributed by atoms with Crippen molar-refractivity contribution in [2.75, 3.05) is 13.2 Å². The molecular formula is C32H40O3Si. The molecule has 1 N–H and O–H groups in total. The number of carbonyl (C=O) groups excluding carboxylic acids is 1. The first-order chi connectivity index (χ1) is 17.1. The van der Waals surface area contributed by atoms with E-state index in [9.17, 15) is 9.90 Å². The molecule has 1 aliphatic carbocycles. The van der Waals surface area contributed by atoms with Crippen molar-refractivity contribution in [3.63, 3.8) is 0 Å². The lowest BCUT2D eigenvalue weighted by molar-refractivity contribution is -0.118. The van der Waals surface area contributed by atoms with Gasteiger partial charge >= 0.3 is 0 Å². The Morgan fingerprint density at radius 3 is 2.17 bits per heavy atom. The average Bonchev–Trinajstić information content (AvgIpc) is 2.86. The monoisotopic (exact) mass is 500 g/mol. The second-order valence-corrected chi connectivity index (χ2v) is 15.4. The van der Waals surface area contributed by atoms with Crippen molar-refractivity contribution in [3.05, 3.63) is 84.5 Å². The number of allylic oxidation sites excluding steroid dienone is 2. The van der Waals surface area contributed by atoms with Gasteiger partial charge in [0.2, 0.25) is 0 Å². The highest BCUT2D eigenvalue weighted by Crippen LogP contribution is 2.44. The van der Waals surface area contributed by atoms with Crippen LogP contribution in [0.5, 0.6) is 0 Å². The summed E-state index contributed by atoms with van der Waals surface area (Å²) in [5.74, 6) is 6.37. The van der Waals surface area contributed by atoms with Gasteiger partial charge in [0.05, 0.1) is 6.61 Å². The zero-order valence-electron chi connectivity index (χ0n) is 22.4. The quantitative estimate of drug-likeness (QED) is 0.238. The molecule has 0 heterocycles. The number of hydrogen-bond donors (Lipinski definition) is 1. The number of unbranched alkanes of at least 4 members (excludes halogenated alkanes) is 1. The van der Waals surface area contributed by atoms with E-state index in [1.54, 1.807) is 6.08 Å². The lowest BCUT2D eigenvalue weighted by Gasteiger charge is -2.43. The molecule has 0 radical (unpaired) electrons. The molecule has 0 amide bonds. The number of rotatable bonds is 7. The minimum atomic E-state index is -2.53. The zero-order valence-corrected chi connectivity index (χ0v) is 23.4. The number of aliphatic hydroxyl groups excluding tert-OH is 1. The first-order valence-corrected chi connectivity index (χ1v) is 14.8. The molecule has 1 fully saturated rings. The highest BCUT2D eigenvalue weighted by molar-refractivity contribution is 6.99. The van der Waals surface area contributed by atoms with Gasteiger partial charge in [-0.15, -0.1) is 0 Å². The normalized spacial score (nSPS) is 21.8. The van der Waals surface area contributed by atoms with Gasteiger partial charge < -0.3 is 9.53 Å². The highest BCUT2D eigenvalue weighted by Gasteiger charge is 2.50. The number of carbonyl (C=O) groups is 1. The van der Waals surface area contributed by atoms with Crippen molar-refractivity contribution in [1.29, 1.82) is 0 Å². The molecule has 4 heteroatoms. The zero-order chi connectivity index (χ0) is 26.4. The molecule has 1 saturated carbocycles. The Labute approximate surface area is 218 Å². The Bertz CT molecular complexity index is 1110. The molecule has 0 saturated heterocycles. The van der Waals surface area contributed by atoms with Crippen molar-refractivity contribution >= 4 is 24.5 Å². The smallest absolute Gasteiger partial charge is 0.261 e. The Morgan fingerprint density at radius 1 is 1.11 bits per heavy atom. The molecule has 3 rings (SSSR count). The molecule has 0 aromatic heterocycles. The molecule has 2 aromatic rings. The lowest BCUT2D eigenvalue weighted by Crippen LogP contribution is -2.66. The Kier molecular flexibility index (Phi) is 8.95. The van der Waals surface area contributed by atoms with Crippen LogP contribution in [0.4, 0.5) is 0 Å². The fourth-order valence-electron chi connectivity index (χ4n) is 5.15. The predicted molar refractivity (Wildman–Crippen MR) is 152 cm³/mol. The minimum absolute atomic E-state index is 0.0232. The van der Waals surface area contributed by atoms with Crippen molar-refractivity contribution < 1.29 is 14.3 Å². The summed E-state index contributed by atoms with van der Waals surface area (Å²) < 4.78 is 6.91. The summed E-state index contributed by atoms with van der Waals surface area (Å²) in [6.45, 7) is 15.5. The third-order valence-electron chi connectivity index (χ3n) is 7.72. The van der Waals surface area contributed by atoms with Crippen molar-refractivity contribution in [3.8, 4) is 11.8 Å². The van der Waals surface area contributed by atoms with Crippen molar-refractivity contribution in [2.24, 2.45) is 11.3 Å². The first-order valence-electron chi connectivity index (χ1n) is 12.9. The Balaban J connectivity index is 1.74. The summed E-state index contributed by atoms with van der Waals surface area (Å²) in [6, 6.07) is 21.3. The molecule has 0 unspecified atom stereocenters. The lowest BCUT2D eigenvalue weighted by atomic mass is 9.64. The molecule has 190 valence electrons. The van der Waals surface area contributed by atoms with E-state index < -0.39 is 13.7 Å². The van der Waals surface area contributed by atoms with E-state index in [-0.39, 0.29) is 23.3 Å². The van der Waals surface area contributed by atoms with E-state index in [0.717, 1.165) is 6.42 Å². The molecule has 0 spiro atoms. The van der Waals surface area contributed by atoms with Gasteiger partial charge in [-0.25, -0.2) is 0 Å². The summed E-state index contributed by atoms with van der Waals surface area (Å²) in [5.41, 5.74) is 0.768. The van der Waals surface area contributed by atoms with E-state index in [2.05, 4.69) is 99.9 Å². The molecule has 0 aliphatic heterocycles. The third-order valence-corrected chi connectivity index (χ3v) is 12.8. The van der Waals surface area contributed by atoms with Gasteiger partial charge in [-0.3, -0.25) is 4.79 Å². The molecule has 3 nitrogen and oxygen atoms in total. The molecule has 0 bridgehead atoms. The summed E-state index contributed by atoms with van der Waals surface area (Å²) in [4.78, 5) is 12.6. The van der Waals surface area contributed by atoms with E-state index >= 15 is 0 Å². The molecule has 36 heavy (non-hydrogen) atoms. The van der Waals surface area contributed by atoms with Crippen molar-refractivity contribution in [1.82, 2.24) is 0 Å². The van der Waals surface area contributed by atoms with Crippen LogP contribution < -0.4 is 10.4 Å². The SMILES string of the molecule is C=C1/C(=C\C#CCCCO[Si](c2ccccc2)(c2ccccc2)C(C)(C)C)C(=O)C[C@@H](C)[C@]1(C)CO. The minimum Gasteiger partial charge on any atom is -0.407 e. The van der Waals surface area contributed by atoms with E-state index in [1.165, 1.54) is 10.4 Å².